The molecule has 4 nitrogen and oxygen atoms in total. The summed E-state index contributed by atoms with van der Waals surface area (Å²) in [7, 11) is 0. The van der Waals surface area contributed by atoms with Crippen molar-refractivity contribution in [2.75, 3.05) is 0 Å². The van der Waals surface area contributed by atoms with Crippen LogP contribution in [0, 0.1) is 6.92 Å². The van der Waals surface area contributed by atoms with E-state index in [1.807, 2.05) is 13.0 Å². The van der Waals surface area contributed by atoms with Gasteiger partial charge in [0.15, 0.2) is 5.58 Å². The zero-order valence-corrected chi connectivity index (χ0v) is 11.8. The van der Waals surface area contributed by atoms with Gasteiger partial charge in [-0.15, -0.1) is 11.3 Å². The average molecular weight is 273 g/mol. The molecule has 0 aliphatic carbocycles. The largest absolute Gasteiger partial charge is 0.435 e. The smallest absolute Gasteiger partial charge is 0.239 e. The predicted molar refractivity (Wildman–Crippen MR) is 77.1 cm³/mol. The molecule has 0 atom stereocenters. The molecule has 0 bridgehead atoms. The Hall–Kier alpha value is -1.72. The molecule has 0 fully saturated rings. The van der Waals surface area contributed by atoms with Gasteiger partial charge in [-0.1, -0.05) is 13.0 Å². The van der Waals surface area contributed by atoms with E-state index in [4.69, 9.17) is 10.2 Å². The number of rotatable bonds is 3. The molecule has 1 aromatic carbocycles. The lowest BCUT2D eigenvalue weighted by Crippen LogP contribution is -1.94. The predicted octanol–water partition coefficient (Wildman–Crippen LogP) is 3.28. The Bertz CT molecular complexity index is 729. The summed E-state index contributed by atoms with van der Waals surface area (Å²) in [6.45, 7) is 4.53. The van der Waals surface area contributed by atoms with Crippen LogP contribution >= 0.6 is 11.3 Å². The van der Waals surface area contributed by atoms with Crippen molar-refractivity contribution in [3.05, 3.63) is 34.5 Å². The molecule has 0 unspecified atom stereocenters. The first kappa shape index (κ1) is 12.3. The third-order valence-electron chi connectivity index (χ3n) is 3.07. The highest BCUT2D eigenvalue weighted by molar-refractivity contribution is 7.15. The van der Waals surface area contributed by atoms with Gasteiger partial charge in [-0.25, -0.2) is 9.97 Å². The Morgan fingerprint density at radius 2 is 2.16 bits per heavy atom. The quantitative estimate of drug-likeness (QED) is 0.795. The lowest BCUT2D eigenvalue weighted by atomic mass is 10.1. The summed E-state index contributed by atoms with van der Waals surface area (Å²) in [4.78, 5) is 9.93. The van der Waals surface area contributed by atoms with Gasteiger partial charge in [-0.2, -0.15) is 0 Å². The van der Waals surface area contributed by atoms with Crippen molar-refractivity contribution in [2.45, 2.75) is 26.8 Å². The molecule has 3 aromatic rings. The molecule has 0 aliphatic heterocycles. The maximum atomic E-state index is 5.81. The van der Waals surface area contributed by atoms with Crippen molar-refractivity contribution in [3.63, 3.8) is 0 Å². The van der Waals surface area contributed by atoms with Crippen LogP contribution in [0.15, 0.2) is 22.6 Å². The third-order valence-corrected chi connectivity index (χ3v) is 4.24. The molecule has 2 aromatic heterocycles. The van der Waals surface area contributed by atoms with Gasteiger partial charge < -0.3 is 10.2 Å². The second kappa shape index (κ2) is 4.75. The highest BCUT2D eigenvalue weighted by atomic mass is 32.1. The van der Waals surface area contributed by atoms with Gasteiger partial charge in [0, 0.05) is 6.54 Å². The van der Waals surface area contributed by atoms with Crippen molar-refractivity contribution in [2.24, 2.45) is 5.73 Å². The van der Waals surface area contributed by atoms with Crippen molar-refractivity contribution in [1.82, 2.24) is 9.97 Å². The molecule has 0 saturated carbocycles. The average Bonchev–Trinajstić information content (AvgIpc) is 3.00. The van der Waals surface area contributed by atoms with Crippen molar-refractivity contribution < 1.29 is 4.42 Å². The molecule has 0 amide bonds. The van der Waals surface area contributed by atoms with Crippen molar-refractivity contribution in [1.29, 1.82) is 0 Å². The van der Waals surface area contributed by atoms with Gasteiger partial charge in [0.2, 0.25) is 5.89 Å². The Morgan fingerprint density at radius 1 is 1.32 bits per heavy atom. The number of thiazole rings is 1. The summed E-state index contributed by atoms with van der Waals surface area (Å²) in [5.41, 5.74) is 9.52. The summed E-state index contributed by atoms with van der Waals surface area (Å²) in [5, 5.41) is 0.906. The lowest BCUT2D eigenvalue weighted by Gasteiger charge is -1.92. The summed E-state index contributed by atoms with van der Waals surface area (Å²) < 4.78 is 5.81. The number of oxazole rings is 1. The third kappa shape index (κ3) is 2.15. The Morgan fingerprint density at radius 3 is 2.84 bits per heavy atom. The molecular formula is C14H15N3OS. The van der Waals surface area contributed by atoms with Crippen LogP contribution in [0.3, 0.4) is 0 Å². The Labute approximate surface area is 115 Å². The highest BCUT2D eigenvalue weighted by Crippen LogP contribution is 2.31. The zero-order chi connectivity index (χ0) is 13.4. The number of hydrogen-bond donors (Lipinski definition) is 1. The fourth-order valence-corrected chi connectivity index (χ4v) is 2.90. The van der Waals surface area contributed by atoms with Crippen LogP contribution in [0.25, 0.3) is 21.9 Å². The van der Waals surface area contributed by atoms with E-state index >= 15 is 0 Å². The Kier molecular flexibility index (Phi) is 3.08. The number of fused-ring (bicyclic) bond motifs is 1. The topological polar surface area (TPSA) is 64.9 Å². The number of hydrogen-bond acceptors (Lipinski definition) is 5. The Balaban J connectivity index is 2.11. The molecule has 3 rings (SSSR count). The number of benzene rings is 1. The number of nitrogens with zero attached hydrogens (tertiary/aromatic N) is 2. The minimum absolute atomic E-state index is 0.450. The summed E-state index contributed by atoms with van der Waals surface area (Å²) >= 11 is 1.55. The SMILES string of the molecule is CCc1ccc2oc(-c3sc(CN)nc3C)nc2c1. The molecule has 2 heterocycles. The van der Waals surface area contributed by atoms with Crippen molar-refractivity contribution >= 4 is 22.4 Å². The van der Waals surface area contributed by atoms with E-state index in [9.17, 15) is 0 Å². The fraction of sp³-hybridized carbons (Fsp3) is 0.286. The fourth-order valence-electron chi connectivity index (χ4n) is 2.03. The van der Waals surface area contributed by atoms with Gasteiger partial charge in [-0.05, 0) is 31.0 Å². The molecule has 2 N–H and O–H groups in total. The minimum Gasteiger partial charge on any atom is -0.435 e. The van der Waals surface area contributed by atoms with Crippen LogP contribution in [0.4, 0.5) is 0 Å². The lowest BCUT2D eigenvalue weighted by molar-refractivity contribution is 0.621. The van der Waals surface area contributed by atoms with Crippen LogP contribution in [-0.4, -0.2) is 9.97 Å². The molecule has 98 valence electrons. The summed E-state index contributed by atoms with van der Waals surface area (Å²) in [5.74, 6) is 0.637. The van der Waals surface area contributed by atoms with E-state index in [1.54, 1.807) is 11.3 Å². The normalized spacial score (nSPS) is 11.3. The molecule has 0 spiro atoms. The van der Waals surface area contributed by atoms with E-state index in [0.29, 0.717) is 12.4 Å². The number of aromatic nitrogens is 2. The first-order chi connectivity index (χ1) is 9.21. The zero-order valence-electron chi connectivity index (χ0n) is 10.9. The molecule has 0 radical (unpaired) electrons. The number of nitrogens with two attached hydrogens (primary N) is 1. The highest BCUT2D eigenvalue weighted by Gasteiger charge is 2.15. The van der Waals surface area contributed by atoms with Crippen LogP contribution in [0.1, 0.15) is 23.2 Å². The molecule has 0 saturated heterocycles. The van der Waals surface area contributed by atoms with E-state index in [0.717, 1.165) is 33.1 Å². The van der Waals surface area contributed by atoms with Crippen LogP contribution in [0.2, 0.25) is 0 Å². The van der Waals surface area contributed by atoms with Crippen LogP contribution < -0.4 is 5.73 Å². The maximum Gasteiger partial charge on any atom is 0.239 e. The number of aryl methyl sites for hydroxylation is 2. The van der Waals surface area contributed by atoms with Gasteiger partial charge in [0.1, 0.15) is 15.4 Å². The standard InChI is InChI=1S/C14H15N3OS/c1-3-9-4-5-11-10(6-9)17-14(18-11)13-8(2)16-12(7-15)19-13/h4-6H,3,7,15H2,1-2H3. The molecule has 5 heteroatoms. The van der Waals surface area contributed by atoms with E-state index in [-0.39, 0.29) is 0 Å². The minimum atomic E-state index is 0.450. The first-order valence-electron chi connectivity index (χ1n) is 6.27. The van der Waals surface area contributed by atoms with Crippen LogP contribution in [-0.2, 0) is 13.0 Å². The van der Waals surface area contributed by atoms with Gasteiger partial charge in [-0.3, -0.25) is 0 Å². The summed E-state index contributed by atoms with van der Waals surface area (Å²) in [6, 6.07) is 6.12. The summed E-state index contributed by atoms with van der Waals surface area (Å²) in [6.07, 6.45) is 0.995. The second-order valence-corrected chi connectivity index (χ2v) is 5.48. The van der Waals surface area contributed by atoms with E-state index in [2.05, 4.69) is 29.0 Å². The molecule has 0 aliphatic rings. The maximum absolute atomic E-state index is 5.81. The second-order valence-electron chi connectivity index (χ2n) is 4.40. The van der Waals surface area contributed by atoms with E-state index in [1.165, 1.54) is 5.56 Å². The molecule has 19 heavy (non-hydrogen) atoms. The monoisotopic (exact) mass is 273 g/mol. The van der Waals surface area contributed by atoms with Gasteiger partial charge in [0.25, 0.3) is 0 Å². The van der Waals surface area contributed by atoms with Crippen LogP contribution in [0.5, 0.6) is 0 Å². The molecular weight excluding hydrogens is 258 g/mol. The van der Waals surface area contributed by atoms with Gasteiger partial charge >= 0.3 is 0 Å². The first-order valence-corrected chi connectivity index (χ1v) is 7.09. The van der Waals surface area contributed by atoms with Crippen molar-refractivity contribution in [3.8, 4) is 10.8 Å². The van der Waals surface area contributed by atoms with Gasteiger partial charge in [0.05, 0.1) is 5.69 Å². The van der Waals surface area contributed by atoms with E-state index < -0.39 is 0 Å².